The highest BCUT2D eigenvalue weighted by atomic mass is 19.1. The topological polar surface area (TPSA) is 79.5 Å². The van der Waals surface area contributed by atoms with Gasteiger partial charge in [0.05, 0.1) is 17.8 Å². The fourth-order valence-electron chi connectivity index (χ4n) is 4.39. The number of hydrogen-bond acceptors (Lipinski definition) is 5. The second-order valence-corrected chi connectivity index (χ2v) is 7.48. The highest BCUT2D eigenvalue weighted by Gasteiger charge is 2.73. The van der Waals surface area contributed by atoms with Crippen molar-refractivity contribution in [3.8, 4) is 11.4 Å². The molecule has 26 heavy (non-hydrogen) atoms. The number of pyridine rings is 1. The molecule has 4 fully saturated rings. The number of rotatable bonds is 4. The standard InChI is InChI=1S/C18H17FN4O3/c19-17-9-18(10-17,11-17)23-6-5-22(15(24)16(23)25)8-12-7-14(21-26-12)13-3-1-2-4-20-13/h1-4,7H,5-6,8-11H2. The van der Waals surface area contributed by atoms with Crippen molar-refractivity contribution in [2.75, 3.05) is 13.1 Å². The van der Waals surface area contributed by atoms with Crippen LogP contribution in [0.15, 0.2) is 35.0 Å². The molecule has 0 N–H and O–H groups in total. The first-order chi connectivity index (χ1) is 12.5. The van der Waals surface area contributed by atoms with Crippen LogP contribution in [0, 0.1) is 0 Å². The summed E-state index contributed by atoms with van der Waals surface area (Å²) in [6, 6.07) is 7.20. The Morgan fingerprint density at radius 3 is 2.62 bits per heavy atom. The number of hydrogen-bond donors (Lipinski definition) is 0. The molecule has 1 aliphatic heterocycles. The van der Waals surface area contributed by atoms with Gasteiger partial charge < -0.3 is 14.3 Å². The van der Waals surface area contributed by atoms with E-state index in [9.17, 15) is 14.0 Å². The molecule has 0 radical (unpaired) electrons. The smallest absolute Gasteiger partial charge is 0.312 e. The third-order valence-corrected chi connectivity index (χ3v) is 5.65. The molecule has 0 unspecified atom stereocenters. The van der Waals surface area contributed by atoms with E-state index in [1.54, 1.807) is 17.2 Å². The van der Waals surface area contributed by atoms with Gasteiger partial charge in [0, 0.05) is 44.6 Å². The van der Waals surface area contributed by atoms with E-state index in [2.05, 4.69) is 10.1 Å². The molecular formula is C18H17FN4O3. The fraction of sp³-hybridized carbons (Fsp3) is 0.444. The van der Waals surface area contributed by atoms with Crippen molar-refractivity contribution in [1.29, 1.82) is 0 Å². The van der Waals surface area contributed by atoms with Gasteiger partial charge in [0.2, 0.25) is 0 Å². The lowest BCUT2D eigenvalue weighted by Gasteiger charge is -2.69. The molecule has 0 aromatic carbocycles. The predicted molar refractivity (Wildman–Crippen MR) is 87.3 cm³/mol. The van der Waals surface area contributed by atoms with E-state index in [-0.39, 0.29) is 6.54 Å². The Balaban J connectivity index is 1.27. The molecule has 3 heterocycles. The third-order valence-electron chi connectivity index (χ3n) is 5.65. The molecular weight excluding hydrogens is 339 g/mol. The van der Waals surface area contributed by atoms with Gasteiger partial charge in [0.15, 0.2) is 5.76 Å². The van der Waals surface area contributed by atoms with Gasteiger partial charge in [-0.15, -0.1) is 0 Å². The van der Waals surface area contributed by atoms with Crippen molar-refractivity contribution in [1.82, 2.24) is 19.9 Å². The molecule has 2 aromatic heterocycles. The van der Waals surface area contributed by atoms with Gasteiger partial charge >= 0.3 is 11.8 Å². The monoisotopic (exact) mass is 356 g/mol. The van der Waals surface area contributed by atoms with E-state index in [0.717, 1.165) is 0 Å². The largest absolute Gasteiger partial charge is 0.359 e. The number of amides is 2. The van der Waals surface area contributed by atoms with Gasteiger partial charge in [-0.2, -0.15) is 0 Å². The minimum absolute atomic E-state index is 0.179. The quantitative estimate of drug-likeness (QED) is 0.777. The number of aromatic nitrogens is 2. The molecule has 2 aromatic rings. The maximum absolute atomic E-state index is 13.7. The van der Waals surface area contributed by atoms with Gasteiger partial charge in [-0.3, -0.25) is 14.6 Å². The van der Waals surface area contributed by atoms with Crippen molar-refractivity contribution >= 4 is 11.8 Å². The lowest BCUT2D eigenvalue weighted by Crippen LogP contribution is -2.79. The number of carbonyl (C=O) groups is 2. The molecule has 7 nitrogen and oxygen atoms in total. The first-order valence-corrected chi connectivity index (χ1v) is 8.65. The Labute approximate surface area is 148 Å². The molecule has 8 heteroatoms. The lowest BCUT2D eigenvalue weighted by atomic mass is 9.46. The van der Waals surface area contributed by atoms with Crippen molar-refractivity contribution in [3.05, 3.63) is 36.2 Å². The number of halogens is 1. The molecule has 134 valence electrons. The first-order valence-electron chi connectivity index (χ1n) is 8.65. The highest BCUT2D eigenvalue weighted by molar-refractivity contribution is 6.35. The van der Waals surface area contributed by atoms with Crippen LogP contribution in [0.5, 0.6) is 0 Å². The average Bonchev–Trinajstić information content (AvgIpc) is 3.05. The number of alkyl halides is 1. The summed E-state index contributed by atoms with van der Waals surface area (Å²) in [7, 11) is 0. The molecule has 3 aliphatic carbocycles. The zero-order valence-electron chi connectivity index (χ0n) is 14.0. The third kappa shape index (κ3) is 2.17. The second-order valence-electron chi connectivity index (χ2n) is 7.48. The van der Waals surface area contributed by atoms with E-state index in [1.807, 2.05) is 18.2 Å². The molecule has 2 bridgehead atoms. The van der Waals surface area contributed by atoms with Gasteiger partial charge in [-0.25, -0.2) is 4.39 Å². The van der Waals surface area contributed by atoms with E-state index in [4.69, 9.17) is 4.52 Å². The van der Waals surface area contributed by atoms with Crippen LogP contribution in [0.25, 0.3) is 11.4 Å². The molecule has 4 aliphatic rings. The summed E-state index contributed by atoms with van der Waals surface area (Å²) in [6.07, 6.45) is 2.77. The summed E-state index contributed by atoms with van der Waals surface area (Å²) in [5.74, 6) is -0.611. The summed E-state index contributed by atoms with van der Waals surface area (Å²) in [6.45, 7) is 1.02. The number of carbonyl (C=O) groups excluding carboxylic acids is 2. The maximum atomic E-state index is 13.7. The van der Waals surface area contributed by atoms with Gasteiger partial charge in [0.1, 0.15) is 11.4 Å². The summed E-state index contributed by atoms with van der Waals surface area (Å²) in [5.41, 5.74) is -0.243. The minimum Gasteiger partial charge on any atom is -0.359 e. The zero-order chi connectivity index (χ0) is 17.9. The van der Waals surface area contributed by atoms with E-state index < -0.39 is 23.0 Å². The molecule has 0 spiro atoms. The van der Waals surface area contributed by atoms with Crippen LogP contribution >= 0.6 is 0 Å². The highest BCUT2D eigenvalue weighted by Crippen LogP contribution is 2.66. The zero-order valence-corrected chi connectivity index (χ0v) is 14.0. The normalized spacial score (nSPS) is 30.2. The van der Waals surface area contributed by atoms with E-state index in [0.29, 0.717) is 49.5 Å². The van der Waals surface area contributed by atoms with Gasteiger partial charge in [0.25, 0.3) is 0 Å². The van der Waals surface area contributed by atoms with Crippen molar-refractivity contribution in [3.63, 3.8) is 0 Å². The van der Waals surface area contributed by atoms with Crippen molar-refractivity contribution < 1.29 is 18.5 Å². The summed E-state index contributed by atoms with van der Waals surface area (Å²) in [4.78, 5) is 32.2. The Bertz CT molecular complexity index is 877. The Kier molecular flexibility index (Phi) is 3.05. The van der Waals surface area contributed by atoms with Crippen molar-refractivity contribution in [2.24, 2.45) is 0 Å². The Morgan fingerprint density at radius 2 is 1.92 bits per heavy atom. The van der Waals surface area contributed by atoms with Crippen LogP contribution in [0.4, 0.5) is 4.39 Å². The molecule has 1 saturated heterocycles. The van der Waals surface area contributed by atoms with Crippen LogP contribution in [-0.2, 0) is 16.1 Å². The van der Waals surface area contributed by atoms with E-state index >= 15 is 0 Å². The second kappa shape index (κ2) is 5.12. The van der Waals surface area contributed by atoms with Crippen LogP contribution in [0.2, 0.25) is 0 Å². The summed E-state index contributed by atoms with van der Waals surface area (Å²) >= 11 is 0. The van der Waals surface area contributed by atoms with E-state index in [1.165, 1.54) is 4.90 Å². The Hall–Kier alpha value is -2.77. The summed E-state index contributed by atoms with van der Waals surface area (Å²) < 4.78 is 19.0. The van der Waals surface area contributed by atoms with Crippen molar-refractivity contribution in [2.45, 2.75) is 37.0 Å². The number of piperazine rings is 1. The average molecular weight is 356 g/mol. The molecule has 2 amide bonds. The SMILES string of the molecule is O=C1C(=O)N(C23CC(F)(C2)C3)CCN1Cc1cc(-c2ccccn2)no1. The van der Waals surface area contributed by atoms with Crippen LogP contribution in [-0.4, -0.2) is 56.1 Å². The molecule has 3 saturated carbocycles. The molecule has 0 atom stereocenters. The lowest BCUT2D eigenvalue weighted by molar-refractivity contribution is -0.230. The van der Waals surface area contributed by atoms with Crippen LogP contribution in [0.1, 0.15) is 25.0 Å². The van der Waals surface area contributed by atoms with Crippen LogP contribution in [0.3, 0.4) is 0 Å². The summed E-state index contributed by atoms with van der Waals surface area (Å²) in [5, 5.41) is 3.97. The van der Waals surface area contributed by atoms with Crippen LogP contribution < -0.4 is 0 Å². The molecule has 6 rings (SSSR count). The van der Waals surface area contributed by atoms with Gasteiger partial charge in [-0.1, -0.05) is 11.2 Å². The fourth-order valence-corrected chi connectivity index (χ4v) is 4.39. The minimum atomic E-state index is -1.10. The number of nitrogens with zero attached hydrogens (tertiary/aromatic N) is 4. The predicted octanol–water partition coefficient (Wildman–Crippen LogP) is 1.55. The van der Waals surface area contributed by atoms with Gasteiger partial charge in [-0.05, 0) is 12.1 Å². The maximum Gasteiger partial charge on any atom is 0.312 e. The Morgan fingerprint density at radius 1 is 1.12 bits per heavy atom. The first kappa shape index (κ1) is 15.5.